The van der Waals surface area contributed by atoms with Crippen LogP contribution in [0.4, 0.5) is 0 Å². The molecule has 11 N–H and O–H groups in total. The molecule has 0 aromatic carbocycles. The van der Waals surface area contributed by atoms with Crippen LogP contribution in [0.15, 0.2) is 0 Å². The van der Waals surface area contributed by atoms with Crippen molar-refractivity contribution < 1.29 is 60.4 Å². The number of hydrogen-bond acceptors (Lipinski definition) is 12. The molecule has 0 aliphatic carbocycles. The lowest BCUT2D eigenvalue weighted by Gasteiger charge is -2.41. The highest BCUT2D eigenvalue weighted by molar-refractivity contribution is 5.86. The summed E-state index contributed by atoms with van der Waals surface area (Å²) in [6.07, 6.45) is -9.34. The standard InChI is InChI=1S/C14H28N2O12/c15-28-14(9(22)4-18,2-1-7(12(25)26)8(21)3-17)13(27)16(10(23)5-19)11(24)6-20/h7-11,17-24H,1-6,15H2,(H,25,26). The smallest absolute Gasteiger partial charge is 0.309 e. The predicted molar refractivity (Wildman–Crippen MR) is 87.6 cm³/mol. The number of nitrogens with zero attached hydrogens (tertiary/aromatic N) is 1. The lowest BCUT2D eigenvalue weighted by atomic mass is 9.84. The van der Waals surface area contributed by atoms with Crippen LogP contribution >= 0.6 is 0 Å². The van der Waals surface area contributed by atoms with Gasteiger partial charge in [0, 0.05) is 0 Å². The molecule has 1 amide bonds. The normalized spacial score (nSPS) is 19.2. The van der Waals surface area contributed by atoms with Gasteiger partial charge < -0.3 is 46.0 Å². The Morgan fingerprint density at radius 2 is 1.43 bits per heavy atom. The van der Waals surface area contributed by atoms with Crippen LogP contribution < -0.4 is 5.90 Å². The zero-order chi connectivity index (χ0) is 22.1. The Kier molecular flexibility index (Phi) is 11.5. The van der Waals surface area contributed by atoms with E-state index in [1.165, 1.54) is 0 Å². The molecule has 0 aliphatic rings. The fraction of sp³-hybridized carbons (Fsp3) is 0.857. The molecule has 166 valence electrons. The minimum Gasteiger partial charge on any atom is -0.481 e. The number of aliphatic hydroxyl groups excluding tert-OH is 8. The first-order valence-electron chi connectivity index (χ1n) is 8.16. The van der Waals surface area contributed by atoms with E-state index in [0.29, 0.717) is 0 Å². The molecule has 0 aliphatic heterocycles. The Labute approximate surface area is 159 Å². The van der Waals surface area contributed by atoms with Gasteiger partial charge in [0.15, 0.2) is 18.1 Å². The van der Waals surface area contributed by atoms with Gasteiger partial charge in [0.1, 0.15) is 6.10 Å². The van der Waals surface area contributed by atoms with Crippen molar-refractivity contribution in [2.45, 2.75) is 43.1 Å². The van der Waals surface area contributed by atoms with Gasteiger partial charge in [0.2, 0.25) is 0 Å². The topological polar surface area (TPSA) is 255 Å². The number of carboxylic acid groups (broad SMARTS) is 1. The number of rotatable bonds is 14. The Balaban J connectivity index is 6.00. The third kappa shape index (κ3) is 6.02. The number of amides is 1. The summed E-state index contributed by atoms with van der Waals surface area (Å²) < 4.78 is 0. The van der Waals surface area contributed by atoms with Crippen molar-refractivity contribution in [3.63, 3.8) is 0 Å². The van der Waals surface area contributed by atoms with Crippen molar-refractivity contribution >= 4 is 11.9 Å². The highest BCUT2D eigenvalue weighted by Crippen LogP contribution is 2.29. The molecule has 0 aromatic rings. The van der Waals surface area contributed by atoms with Gasteiger partial charge in [-0.3, -0.25) is 19.3 Å². The largest absolute Gasteiger partial charge is 0.481 e. The van der Waals surface area contributed by atoms with E-state index >= 15 is 0 Å². The summed E-state index contributed by atoms with van der Waals surface area (Å²) in [5.74, 6) is 0.445. The van der Waals surface area contributed by atoms with Gasteiger partial charge in [0.25, 0.3) is 5.91 Å². The Morgan fingerprint density at radius 1 is 0.929 bits per heavy atom. The van der Waals surface area contributed by atoms with Crippen molar-refractivity contribution in [3.8, 4) is 0 Å². The number of hydrogen-bond donors (Lipinski definition) is 10. The molecule has 0 saturated carbocycles. The molecule has 0 rings (SSSR count). The molecule has 6 atom stereocenters. The van der Waals surface area contributed by atoms with E-state index in [1.807, 2.05) is 0 Å². The number of carbonyl (C=O) groups excluding carboxylic acids is 1. The maximum Gasteiger partial charge on any atom is 0.309 e. The molecule has 6 unspecified atom stereocenters. The second-order valence-corrected chi connectivity index (χ2v) is 5.98. The van der Waals surface area contributed by atoms with Crippen LogP contribution in [0.3, 0.4) is 0 Å². The second-order valence-electron chi connectivity index (χ2n) is 5.98. The van der Waals surface area contributed by atoms with Crippen LogP contribution in [0.25, 0.3) is 0 Å². The van der Waals surface area contributed by atoms with Gasteiger partial charge in [0.05, 0.1) is 38.4 Å². The summed E-state index contributed by atoms with van der Waals surface area (Å²) in [6, 6.07) is 0. The zero-order valence-corrected chi connectivity index (χ0v) is 14.9. The van der Waals surface area contributed by atoms with Gasteiger partial charge in [-0.1, -0.05) is 0 Å². The highest BCUT2D eigenvalue weighted by atomic mass is 16.6. The van der Waals surface area contributed by atoms with E-state index in [-0.39, 0.29) is 4.90 Å². The number of aliphatic hydroxyl groups is 8. The SMILES string of the molecule is NOC(CCC(C(=O)O)C(O)CO)(C(=O)N(C(O)CO)C(O)CO)C(O)CO. The van der Waals surface area contributed by atoms with Gasteiger partial charge >= 0.3 is 5.97 Å². The van der Waals surface area contributed by atoms with Crippen LogP contribution in [0.1, 0.15) is 12.8 Å². The predicted octanol–water partition coefficient (Wildman–Crippen LogP) is -5.75. The monoisotopic (exact) mass is 416 g/mol. The maximum absolute atomic E-state index is 12.9. The van der Waals surface area contributed by atoms with Gasteiger partial charge in [-0.2, -0.15) is 0 Å². The Morgan fingerprint density at radius 3 is 1.75 bits per heavy atom. The van der Waals surface area contributed by atoms with Crippen molar-refractivity contribution in [2.24, 2.45) is 11.8 Å². The second kappa shape index (κ2) is 12.2. The number of carbonyl (C=O) groups is 2. The van der Waals surface area contributed by atoms with Crippen LogP contribution in [0.2, 0.25) is 0 Å². The van der Waals surface area contributed by atoms with Crippen LogP contribution in [0, 0.1) is 5.92 Å². The number of carboxylic acids is 1. The molecular formula is C14H28N2O12. The Bertz CT molecular complexity index is 485. The quantitative estimate of drug-likeness (QED) is 0.0936. The molecule has 0 heterocycles. The summed E-state index contributed by atoms with van der Waals surface area (Å²) in [4.78, 5) is 28.8. The molecule has 0 saturated heterocycles. The van der Waals surface area contributed by atoms with Gasteiger partial charge in [-0.05, 0) is 12.8 Å². The zero-order valence-electron chi connectivity index (χ0n) is 14.9. The minimum atomic E-state index is -2.63. The molecule has 0 radical (unpaired) electrons. The van der Waals surface area contributed by atoms with E-state index in [0.717, 1.165) is 0 Å². The summed E-state index contributed by atoms with van der Waals surface area (Å²) in [6.45, 7) is -4.25. The summed E-state index contributed by atoms with van der Waals surface area (Å²) in [5, 5.41) is 84.7. The van der Waals surface area contributed by atoms with E-state index in [2.05, 4.69) is 4.84 Å². The van der Waals surface area contributed by atoms with Crippen molar-refractivity contribution in [3.05, 3.63) is 0 Å². The van der Waals surface area contributed by atoms with Crippen LogP contribution in [0.5, 0.6) is 0 Å². The van der Waals surface area contributed by atoms with Crippen molar-refractivity contribution in [1.82, 2.24) is 4.90 Å². The van der Waals surface area contributed by atoms with E-state index < -0.39 is 87.3 Å². The molecule has 0 aromatic heterocycles. The fourth-order valence-corrected chi connectivity index (χ4v) is 2.59. The lowest BCUT2D eigenvalue weighted by Crippen LogP contribution is -2.65. The van der Waals surface area contributed by atoms with E-state index in [1.54, 1.807) is 0 Å². The third-order valence-corrected chi connectivity index (χ3v) is 4.28. The maximum atomic E-state index is 12.9. The van der Waals surface area contributed by atoms with Gasteiger partial charge in [-0.25, -0.2) is 5.90 Å². The molecule has 0 fully saturated rings. The first-order chi connectivity index (χ1) is 13.1. The lowest BCUT2D eigenvalue weighted by molar-refractivity contribution is -0.212. The molecule has 14 heteroatoms. The van der Waals surface area contributed by atoms with E-state index in [9.17, 15) is 35.1 Å². The van der Waals surface area contributed by atoms with Crippen molar-refractivity contribution in [2.75, 3.05) is 26.4 Å². The van der Waals surface area contributed by atoms with Gasteiger partial charge in [-0.15, -0.1) is 0 Å². The number of aliphatic carboxylic acids is 1. The fourth-order valence-electron chi connectivity index (χ4n) is 2.59. The van der Waals surface area contributed by atoms with Crippen LogP contribution in [-0.2, 0) is 14.4 Å². The van der Waals surface area contributed by atoms with Crippen molar-refractivity contribution in [1.29, 1.82) is 0 Å². The first-order valence-corrected chi connectivity index (χ1v) is 8.16. The molecular weight excluding hydrogens is 388 g/mol. The minimum absolute atomic E-state index is 0.129. The number of nitrogens with two attached hydrogens (primary N) is 1. The highest BCUT2D eigenvalue weighted by Gasteiger charge is 2.51. The van der Waals surface area contributed by atoms with E-state index in [4.69, 9.17) is 26.3 Å². The molecule has 14 nitrogen and oxygen atoms in total. The molecule has 0 spiro atoms. The summed E-state index contributed by atoms with van der Waals surface area (Å²) >= 11 is 0. The first kappa shape index (κ1) is 26.5. The summed E-state index contributed by atoms with van der Waals surface area (Å²) in [5.41, 5.74) is -2.63. The Hall–Kier alpha value is -1.46. The third-order valence-electron chi connectivity index (χ3n) is 4.28. The molecule has 0 bridgehead atoms. The average Bonchev–Trinajstić information content (AvgIpc) is 2.69. The molecule has 28 heavy (non-hydrogen) atoms. The average molecular weight is 416 g/mol. The summed E-state index contributed by atoms with van der Waals surface area (Å²) in [7, 11) is 0. The van der Waals surface area contributed by atoms with Crippen LogP contribution in [-0.4, -0.2) is 119 Å².